The Balaban J connectivity index is 2.15. The fraction of sp³-hybridized carbons (Fsp3) is 0.700. The summed E-state index contributed by atoms with van der Waals surface area (Å²) in [5.74, 6) is 1.22. The van der Waals surface area contributed by atoms with Crippen LogP contribution in [-0.4, -0.2) is 23.0 Å². The molecule has 86 valence electrons. The van der Waals surface area contributed by atoms with Gasteiger partial charge in [-0.05, 0) is 28.3 Å². The predicted octanol–water partition coefficient (Wildman–Crippen LogP) is 2.29. The molecular formula is C10H18BrN3O. The number of ether oxygens (including phenoxy) is 1. The molecule has 15 heavy (non-hydrogen) atoms. The quantitative estimate of drug-likeness (QED) is 0.811. The minimum Gasteiger partial charge on any atom is -0.381 e. The predicted molar refractivity (Wildman–Crippen MR) is 64.6 cm³/mol. The highest BCUT2D eigenvalue weighted by atomic mass is 79.9. The van der Waals surface area contributed by atoms with Gasteiger partial charge in [0.1, 0.15) is 0 Å². The van der Waals surface area contributed by atoms with E-state index in [0.29, 0.717) is 18.3 Å². The van der Waals surface area contributed by atoms with Gasteiger partial charge < -0.3 is 10.5 Å². The van der Waals surface area contributed by atoms with E-state index in [1.807, 2.05) is 6.20 Å². The van der Waals surface area contributed by atoms with Gasteiger partial charge in [0.2, 0.25) is 0 Å². The highest BCUT2D eigenvalue weighted by molar-refractivity contribution is 9.10. The maximum Gasteiger partial charge on any atom is 0.159 e. The molecule has 2 N–H and O–H groups in total. The summed E-state index contributed by atoms with van der Waals surface area (Å²) in [6.07, 6.45) is 2.96. The van der Waals surface area contributed by atoms with E-state index < -0.39 is 0 Å². The molecule has 1 aromatic rings. The number of nitrogen functional groups attached to an aromatic ring is 1. The molecule has 0 saturated carbocycles. The van der Waals surface area contributed by atoms with E-state index in [-0.39, 0.29) is 0 Å². The van der Waals surface area contributed by atoms with Gasteiger partial charge in [0.05, 0.1) is 17.6 Å². The first-order valence-corrected chi connectivity index (χ1v) is 5.95. The number of aromatic nitrogens is 2. The van der Waals surface area contributed by atoms with Gasteiger partial charge in [0.15, 0.2) is 5.82 Å². The molecule has 0 aliphatic carbocycles. The van der Waals surface area contributed by atoms with Crippen molar-refractivity contribution < 1.29 is 4.74 Å². The van der Waals surface area contributed by atoms with Crippen LogP contribution in [0.4, 0.5) is 5.82 Å². The molecule has 1 aromatic heterocycles. The molecule has 0 atom stereocenters. The number of anilines is 1. The van der Waals surface area contributed by atoms with E-state index >= 15 is 0 Å². The van der Waals surface area contributed by atoms with Gasteiger partial charge in [-0.1, -0.05) is 13.8 Å². The summed E-state index contributed by atoms with van der Waals surface area (Å²) in [6.45, 7) is 6.62. The van der Waals surface area contributed by atoms with E-state index in [1.54, 1.807) is 4.68 Å². The Kier molecular flexibility index (Phi) is 5.11. The lowest BCUT2D eigenvalue weighted by Gasteiger charge is -2.06. The number of hydrogen-bond donors (Lipinski definition) is 1. The molecule has 0 aliphatic rings. The number of nitrogens with zero attached hydrogens (tertiary/aromatic N) is 2. The van der Waals surface area contributed by atoms with E-state index in [1.165, 1.54) is 0 Å². The largest absolute Gasteiger partial charge is 0.381 e. The van der Waals surface area contributed by atoms with Crippen LogP contribution in [0.5, 0.6) is 0 Å². The van der Waals surface area contributed by atoms with Crippen LogP contribution in [0.3, 0.4) is 0 Å². The zero-order valence-electron chi connectivity index (χ0n) is 9.24. The monoisotopic (exact) mass is 275 g/mol. The normalized spacial score (nSPS) is 11.2. The topological polar surface area (TPSA) is 53.1 Å². The minimum atomic E-state index is 0.525. The second-order valence-corrected chi connectivity index (χ2v) is 4.77. The fourth-order valence-electron chi connectivity index (χ4n) is 1.11. The average molecular weight is 276 g/mol. The van der Waals surface area contributed by atoms with Crippen molar-refractivity contribution in [3.8, 4) is 0 Å². The summed E-state index contributed by atoms with van der Waals surface area (Å²) in [5.41, 5.74) is 5.59. The SMILES string of the molecule is CC(C)CCOCCn1cc(Br)c(N)n1. The maximum atomic E-state index is 5.59. The summed E-state index contributed by atoms with van der Waals surface area (Å²) >= 11 is 3.31. The molecule has 1 rings (SSSR count). The average Bonchev–Trinajstić information content (AvgIpc) is 2.45. The van der Waals surface area contributed by atoms with Crippen molar-refractivity contribution in [2.75, 3.05) is 18.9 Å². The Labute approximate surface area is 98.9 Å². The van der Waals surface area contributed by atoms with E-state index in [2.05, 4.69) is 34.9 Å². The molecule has 0 radical (unpaired) electrons. The van der Waals surface area contributed by atoms with Crippen molar-refractivity contribution in [2.45, 2.75) is 26.8 Å². The van der Waals surface area contributed by atoms with Crippen LogP contribution >= 0.6 is 15.9 Å². The maximum absolute atomic E-state index is 5.59. The van der Waals surface area contributed by atoms with Gasteiger partial charge in [-0.15, -0.1) is 0 Å². The van der Waals surface area contributed by atoms with Gasteiger partial charge in [0, 0.05) is 12.8 Å². The first-order valence-electron chi connectivity index (χ1n) is 5.15. The fourth-order valence-corrected chi connectivity index (χ4v) is 1.42. The summed E-state index contributed by atoms with van der Waals surface area (Å²) in [6, 6.07) is 0. The molecule has 0 aromatic carbocycles. The van der Waals surface area contributed by atoms with Crippen molar-refractivity contribution in [1.29, 1.82) is 0 Å². The Morgan fingerprint density at radius 3 is 2.80 bits per heavy atom. The zero-order chi connectivity index (χ0) is 11.3. The second kappa shape index (κ2) is 6.12. The van der Waals surface area contributed by atoms with Gasteiger partial charge in [-0.3, -0.25) is 4.68 Å². The molecule has 1 heterocycles. The third kappa shape index (κ3) is 4.66. The summed E-state index contributed by atoms with van der Waals surface area (Å²) in [7, 11) is 0. The lowest BCUT2D eigenvalue weighted by molar-refractivity contribution is 0.114. The van der Waals surface area contributed by atoms with Gasteiger partial charge in [-0.25, -0.2) is 0 Å². The minimum absolute atomic E-state index is 0.525. The van der Waals surface area contributed by atoms with Gasteiger partial charge >= 0.3 is 0 Å². The molecule has 0 aliphatic heterocycles. The molecule has 4 nitrogen and oxygen atoms in total. The van der Waals surface area contributed by atoms with Crippen LogP contribution < -0.4 is 5.73 Å². The summed E-state index contributed by atoms with van der Waals surface area (Å²) < 4.78 is 8.10. The molecule has 0 unspecified atom stereocenters. The van der Waals surface area contributed by atoms with Gasteiger partial charge in [0.25, 0.3) is 0 Å². The number of rotatable bonds is 6. The van der Waals surface area contributed by atoms with Crippen molar-refractivity contribution in [3.63, 3.8) is 0 Å². The van der Waals surface area contributed by atoms with Crippen LogP contribution in [0.15, 0.2) is 10.7 Å². The molecule has 0 saturated heterocycles. The van der Waals surface area contributed by atoms with Crippen molar-refractivity contribution in [3.05, 3.63) is 10.7 Å². The van der Waals surface area contributed by atoms with Crippen LogP contribution in [0.1, 0.15) is 20.3 Å². The van der Waals surface area contributed by atoms with E-state index in [9.17, 15) is 0 Å². The Morgan fingerprint density at radius 1 is 1.53 bits per heavy atom. The summed E-state index contributed by atoms with van der Waals surface area (Å²) in [4.78, 5) is 0. The molecule has 0 bridgehead atoms. The molecular weight excluding hydrogens is 258 g/mol. The lowest BCUT2D eigenvalue weighted by Crippen LogP contribution is -2.08. The van der Waals surface area contributed by atoms with Crippen molar-refractivity contribution in [1.82, 2.24) is 9.78 Å². The highest BCUT2D eigenvalue weighted by Gasteiger charge is 2.01. The van der Waals surface area contributed by atoms with Crippen molar-refractivity contribution >= 4 is 21.7 Å². The third-order valence-electron chi connectivity index (χ3n) is 2.05. The highest BCUT2D eigenvalue weighted by Crippen LogP contribution is 2.15. The standard InChI is InChI=1S/C10H18BrN3O/c1-8(2)3-5-15-6-4-14-7-9(11)10(12)13-14/h7-8H,3-6H2,1-2H3,(H2,12,13). The third-order valence-corrected chi connectivity index (χ3v) is 2.66. The molecule has 0 spiro atoms. The first-order chi connectivity index (χ1) is 7.09. The van der Waals surface area contributed by atoms with Crippen LogP contribution in [-0.2, 0) is 11.3 Å². The van der Waals surface area contributed by atoms with Crippen LogP contribution in [0.25, 0.3) is 0 Å². The van der Waals surface area contributed by atoms with Crippen LogP contribution in [0.2, 0.25) is 0 Å². The molecule has 0 fully saturated rings. The number of nitrogens with two attached hydrogens (primary N) is 1. The van der Waals surface area contributed by atoms with E-state index in [4.69, 9.17) is 10.5 Å². The number of hydrogen-bond acceptors (Lipinski definition) is 3. The Morgan fingerprint density at radius 2 is 2.27 bits per heavy atom. The lowest BCUT2D eigenvalue weighted by atomic mass is 10.1. The Bertz CT molecular complexity index is 279. The van der Waals surface area contributed by atoms with Crippen LogP contribution in [0, 0.1) is 5.92 Å². The second-order valence-electron chi connectivity index (χ2n) is 3.92. The van der Waals surface area contributed by atoms with Crippen molar-refractivity contribution in [2.24, 2.45) is 5.92 Å². The first kappa shape index (κ1) is 12.5. The zero-order valence-corrected chi connectivity index (χ0v) is 10.8. The smallest absolute Gasteiger partial charge is 0.159 e. The molecule has 0 amide bonds. The van der Waals surface area contributed by atoms with Gasteiger partial charge in [-0.2, -0.15) is 5.10 Å². The van der Waals surface area contributed by atoms with E-state index in [0.717, 1.165) is 24.0 Å². The summed E-state index contributed by atoms with van der Waals surface area (Å²) in [5, 5.41) is 4.11. The Hall–Kier alpha value is -0.550. The molecule has 5 heteroatoms. The number of halogens is 1.